The number of aliphatic hydroxyl groups is 4. The van der Waals surface area contributed by atoms with Crippen molar-refractivity contribution in [3.8, 4) is 0 Å². The zero-order valence-electron chi connectivity index (χ0n) is 44.2. The summed E-state index contributed by atoms with van der Waals surface area (Å²) >= 11 is 0. The predicted octanol–water partition coefficient (Wildman–Crippen LogP) is 7.30. The summed E-state index contributed by atoms with van der Waals surface area (Å²) in [7, 11) is 6.03. The maximum Gasteiger partial charge on any atom is 0.311 e. The van der Waals surface area contributed by atoms with Crippen molar-refractivity contribution in [2.45, 2.75) is 224 Å². The number of carbonyl (C=O) groups is 2. The second-order valence-corrected chi connectivity index (χ2v) is 16.4. The molecule has 6 N–H and O–H groups in total. The molecule has 2 heterocycles. The van der Waals surface area contributed by atoms with Crippen LogP contribution >= 0.6 is 0 Å². The number of likely N-dealkylation sites (N-methyl/N-ethyl adjacent to an activating group) is 1. The first-order valence-electron chi connectivity index (χ1n) is 24.1. The van der Waals surface area contributed by atoms with Crippen LogP contribution in [0.4, 0.5) is 0 Å². The molecule has 0 aliphatic carbocycles. The molecular formula is C48H105N3O11. The van der Waals surface area contributed by atoms with Crippen molar-refractivity contribution in [2.75, 3.05) is 54.1 Å². The monoisotopic (exact) mass is 900 g/mol. The highest BCUT2D eigenvalue weighted by molar-refractivity contribution is 5.72. The van der Waals surface area contributed by atoms with Gasteiger partial charge in [-0.15, -0.1) is 0 Å². The number of nitrogens with two attached hydrogens (primary N) is 1. The Kier molecular flexibility index (Phi) is 46.0. The topological polar surface area (TPSA) is 194 Å². The molecule has 2 aliphatic heterocycles. The molecule has 2 fully saturated rings. The van der Waals surface area contributed by atoms with E-state index in [0.29, 0.717) is 32.5 Å². The fourth-order valence-electron chi connectivity index (χ4n) is 6.97. The molecule has 2 saturated heterocycles. The lowest BCUT2D eigenvalue weighted by Crippen LogP contribution is -2.54. The van der Waals surface area contributed by atoms with Crippen LogP contribution < -0.4 is 5.73 Å². The largest absolute Gasteiger partial charge is 0.465 e. The van der Waals surface area contributed by atoms with E-state index in [1.54, 1.807) is 13.8 Å². The minimum atomic E-state index is -1.31. The van der Waals surface area contributed by atoms with E-state index < -0.39 is 48.0 Å². The van der Waals surface area contributed by atoms with Gasteiger partial charge in [-0.25, -0.2) is 0 Å². The van der Waals surface area contributed by atoms with Crippen LogP contribution in [-0.2, 0) is 33.3 Å². The fraction of sp³-hybridized carbons (Fsp3) is 0.958. The summed E-state index contributed by atoms with van der Waals surface area (Å²) in [6.45, 7) is 38.5. The standard InChI is InChI=1S/C28H54N2O7.C9H18O3.C3H9NO.4C2H6/c1-16-13-28(7,34)26(37-23-12-22(29(8)9)11-18(3)36-23)19(4)25(32)20(5)27(33)35-15-17(2)24(31)21(6)30(10)14-16;1-5-6-11-7(2)8(3)12-9(4)10;4-2-1-3-5;4*1-2/h16-26,31-32,34H,11-15H2,1-10H3;7-8H,5-6H2,1-4H3;5H,1-4H2;4*1-2H3/t16-,17?,18?,19+,20?,21?,22?,23?,24?,25+,26-,28-;7?,8-;;;;;/m11...../s1. The molecule has 0 bridgehead atoms. The third kappa shape index (κ3) is 29.9. The van der Waals surface area contributed by atoms with Crippen LogP contribution in [-0.4, -0.2) is 157 Å². The average Bonchev–Trinajstić information content (AvgIpc) is 3.24. The lowest BCUT2D eigenvalue weighted by Gasteiger charge is -2.45. The van der Waals surface area contributed by atoms with Gasteiger partial charge < -0.3 is 59.6 Å². The molecule has 0 spiro atoms. The molecule has 2 rings (SSSR count). The third-order valence-electron chi connectivity index (χ3n) is 10.6. The lowest BCUT2D eigenvalue weighted by molar-refractivity contribution is -0.267. The number of rotatable bonds is 10. The Hall–Kier alpha value is -1.46. The summed E-state index contributed by atoms with van der Waals surface area (Å²) in [5, 5.41) is 42.0. The first-order chi connectivity index (χ1) is 29.0. The Morgan fingerprint density at radius 3 is 1.92 bits per heavy atom. The van der Waals surface area contributed by atoms with Crippen molar-refractivity contribution in [2.24, 2.45) is 29.4 Å². The van der Waals surface area contributed by atoms with Gasteiger partial charge in [0.2, 0.25) is 0 Å². The molecule has 378 valence electrons. The van der Waals surface area contributed by atoms with Crippen LogP contribution in [0.2, 0.25) is 0 Å². The van der Waals surface area contributed by atoms with Crippen LogP contribution in [0.3, 0.4) is 0 Å². The third-order valence-corrected chi connectivity index (χ3v) is 10.6. The van der Waals surface area contributed by atoms with Crippen molar-refractivity contribution >= 4 is 11.9 Å². The summed E-state index contributed by atoms with van der Waals surface area (Å²) in [6, 6.07) is 0.109. The van der Waals surface area contributed by atoms with Gasteiger partial charge in [0.1, 0.15) is 6.10 Å². The fourth-order valence-corrected chi connectivity index (χ4v) is 6.97. The van der Waals surface area contributed by atoms with Gasteiger partial charge >= 0.3 is 11.9 Å². The number of hydrogen-bond acceptors (Lipinski definition) is 14. The molecule has 8 unspecified atom stereocenters. The predicted molar refractivity (Wildman–Crippen MR) is 256 cm³/mol. The first kappa shape index (κ1) is 69.6. The number of carbonyl (C=O) groups excluding carboxylic acids is 2. The highest BCUT2D eigenvalue weighted by Gasteiger charge is 2.46. The number of ether oxygens (including phenoxy) is 5. The van der Waals surface area contributed by atoms with Crippen LogP contribution in [0.1, 0.15) is 164 Å². The van der Waals surface area contributed by atoms with E-state index >= 15 is 0 Å². The second kappa shape index (κ2) is 41.0. The van der Waals surface area contributed by atoms with E-state index in [0.717, 1.165) is 19.3 Å². The van der Waals surface area contributed by atoms with Crippen molar-refractivity contribution < 1.29 is 53.7 Å². The summed E-state index contributed by atoms with van der Waals surface area (Å²) in [6.07, 6.45) is 0.357. The van der Waals surface area contributed by atoms with Crippen molar-refractivity contribution in [3.63, 3.8) is 0 Å². The number of cyclic esters (lactones) is 1. The van der Waals surface area contributed by atoms with Crippen LogP contribution in [0.5, 0.6) is 0 Å². The van der Waals surface area contributed by atoms with Gasteiger partial charge in [-0.3, -0.25) is 9.59 Å². The van der Waals surface area contributed by atoms with Gasteiger partial charge in [0, 0.05) is 57.0 Å². The number of esters is 2. The van der Waals surface area contributed by atoms with E-state index in [4.69, 9.17) is 34.5 Å². The molecule has 0 saturated carbocycles. The SMILES string of the molecule is CC.CC.CC.CC.CC1CC(N(C)C)CC(O[C@@H]2[C@@H](C)[C@H](O)C(C)C(=O)OCC(C)C(O)C(C)N(C)C[C@H](C)C[C@@]2(C)O)O1.CCCOC(C)[C@@H](C)OC(C)=O.NCCCO. The second-order valence-electron chi connectivity index (χ2n) is 16.4. The van der Waals surface area contributed by atoms with E-state index in [1.807, 2.05) is 125 Å². The Labute approximate surface area is 382 Å². The summed E-state index contributed by atoms with van der Waals surface area (Å²) in [5.41, 5.74) is 3.67. The van der Waals surface area contributed by atoms with Gasteiger partial charge in [0.25, 0.3) is 0 Å². The Bertz CT molecular complexity index is 1020. The van der Waals surface area contributed by atoms with Crippen molar-refractivity contribution in [1.82, 2.24) is 9.80 Å². The maximum atomic E-state index is 12.9. The Morgan fingerprint density at radius 2 is 1.48 bits per heavy atom. The average molecular weight is 900 g/mol. The van der Waals surface area contributed by atoms with Gasteiger partial charge in [0.15, 0.2) is 6.29 Å². The van der Waals surface area contributed by atoms with Gasteiger partial charge in [-0.05, 0) is 101 Å². The molecule has 0 aromatic heterocycles. The minimum Gasteiger partial charge on any atom is -0.465 e. The number of nitrogens with zero attached hydrogens (tertiary/aromatic N) is 2. The zero-order chi connectivity index (χ0) is 49.9. The van der Waals surface area contributed by atoms with Gasteiger partial charge in [0.05, 0.1) is 48.6 Å². The lowest BCUT2D eigenvalue weighted by atomic mass is 9.78. The molecule has 0 aromatic carbocycles. The number of hydrogen-bond donors (Lipinski definition) is 5. The van der Waals surface area contributed by atoms with Gasteiger partial charge in [-0.1, -0.05) is 83.1 Å². The minimum absolute atomic E-state index is 0.00466. The molecule has 2 aliphatic rings. The molecule has 14 atom stereocenters. The van der Waals surface area contributed by atoms with Crippen LogP contribution in [0.15, 0.2) is 0 Å². The molecular weight excluding hydrogens is 795 g/mol. The van der Waals surface area contributed by atoms with Crippen LogP contribution in [0, 0.1) is 23.7 Å². The van der Waals surface area contributed by atoms with Gasteiger partial charge in [-0.2, -0.15) is 0 Å². The molecule has 0 aromatic rings. The number of aliphatic hydroxyl groups excluding tert-OH is 3. The Morgan fingerprint density at radius 1 is 0.952 bits per heavy atom. The van der Waals surface area contributed by atoms with Crippen LogP contribution in [0.25, 0.3) is 0 Å². The van der Waals surface area contributed by atoms with Crippen molar-refractivity contribution in [3.05, 3.63) is 0 Å². The normalized spacial score (nSPS) is 31.6. The molecule has 62 heavy (non-hydrogen) atoms. The highest BCUT2D eigenvalue weighted by atomic mass is 16.7. The summed E-state index contributed by atoms with van der Waals surface area (Å²) < 4.78 is 28.5. The molecule has 14 nitrogen and oxygen atoms in total. The summed E-state index contributed by atoms with van der Waals surface area (Å²) in [4.78, 5) is 27.7. The smallest absolute Gasteiger partial charge is 0.311 e. The van der Waals surface area contributed by atoms with E-state index in [9.17, 15) is 24.9 Å². The van der Waals surface area contributed by atoms with Crippen molar-refractivity contribution in [1.29, 1.82) is 0 Å². The first-order valence-corrected chi connectivity index (χ1v) is 24.1. The quantitative estimate of drug-likeness (QED) is 0.137. The Balaban J connectivity index is -0.000000357. The van der Waals surface area contributed by atoms with E-state index in [2.05, 4.69) is 16.7 Å². The highest BCUT2D eigenvalue weighted by Crippen LogP contribution is 2.35. The van der Waals surface area contributed by atoms with E-state index in [1.165, 1.54) is 6.92 Å². The zero-order valence-corrected chi connectivity index (χ0v) is 44.2. The van der Waals surface area contributed by atoms with E-state index in [-0.39, 0.29) is 61.4 Å². The molecule has 0 amide bonds. The molecule has 14 heteroatoms. The maximum absolute atomic E-state index is 12.9. The summed E-state index contributed by atoms with van der Waals surface area (Å²) in [5.74, 6) is -2.39. The molecule has 0 radical (unpaired) electrons.